The zero-order valence-corrected chi connectivity index (χ0v) is 13.5. The third-order valence-corrected chi connectivity index (χ3v) is 4.21. The van der Waals surface area contributed by atoms with Crippen molar-refractivity contribution >= 4 is 11.9 Å². The molecule has 0 radical (unpaired) electrons. The van der Waals surface area contributed by atoms with Gasteiger partial charge in [0.15, 0.2) is 0 Å². The normalized spacial score (nSPS) is 22.2. The lowest BCUT2D eigenvalue weighted by atomic mass is 9.94. The number of carbonyl (C=O) groups is 2. The molecule has 0 unspecified atom stereocenters. The Morgan fingerprint density at radius 1 is 1.32 bits per heavy atom. The van der Waals surface area contributed by atoms with Crippen molar-refractivity contribution in [3.05, 3.63) is 18.0 Å². The van der Waals surface area contributed by atoms with E-state index in [9.17, 15) is 9.59 Å². The summed E-state index contributed by atoms with van der Waals surface area (Å²) in [7, 11) is 1.40. The second kappa shape index (κ2) is 7.42. The van der Waals surface area contributed by atoms with Gasteiger partial charge in [0, 0.05) is 18.3 Å². The lowest BCUT2D eigenvalue weighted by Gasteiger charge is -2.23. The van der Waals surface area contributed by atoms with E-state index < -0.39 is 0 Å². The molecule has 1 heterocycles. The van der Waals surface area contributed by atoms with E-state index in [1.807, 2.05) is 13.8 Å². The van der Waals surface area contributed by atoms with Gasteiger partial charge in [0.2, 0.25) is 0 Å². The van der Waals surface area contributed by atoms with Crippen molar-refractivity contribution in [1.29, 1.82) is 0 Å². The average Bonchev–Trinajstić information content (AvgIpc) is 2.89. The largest absolute Gasteiger partial charge is 0.469 e. The Morgan fingerprint density at radius 3 is 2.68 bits per heavy atom. The first-order valence-electron chi connectivity index (χ1n) is 7.96. The van der Waals surface area contributed by atoms with Crippen molar-refractivity contribution in [3.63, 3.8) is 0 Å². The van der Waals surface area contributed by atoms with Crippen LogP contribution >= 0.6 is 0 Å². The first-order valence-corrected chi connectivity index (χ1v) is 7.96. The molecule has 0 bridgehead atoms. The molecule has 1 saturated carbocycles. The molecule has 1 amide bonds. The van der Waals surface area contributed by atoms with Crippen molar-refractivity contribution in [1.82, 2.24) is 15.1 Å². The summed E-state index contributed by atoms with van der Waals surface area (Å²) >= 11 is 0. The van der Waals surface area contributed by atoms with Crippen molar-refractivity contribution in [2.75, 3.05) is 7.11 Å². The van der Waals surface area contributed by atoms with Crippen LogP contribution in [0.4, 0.5) is 0 Å². The van der Waals surface area contributed by atoms with E-state index in [-0.39, 0.29) is 29.9 Å². The summed E-state index contributed by atoms with van der Waals surface area (Å²) in [4.78, 5) is 24.3. The molecule has 1 aromatic heterocycles. The molecule has 6 nitrogen and oxygen atoms in total. The number of aromatic nitrogens is 2. The van der Waals surface area contributed by atoms with Gasteiger partial charge in [0.25, 0.3) is 5.91 Å². The molecule has 122 valence electrons. The van der Waals surface area contributed by atoms with Crippen molar-refractivity contribution in [2.24, 2.45) is 5.92 Å². The van der Waals surface area contributed by atoms with Crippen molar-refractivity contribution in [3.8, 4) is 0 Å². The van der Waals surface area contributed by atoms with Crippen LogP contribution in [0.3, 0.4) is 0 Å². The molecule has 1 aliphatic rings. The minimum absolute atomic E-state index is 0.174. The Labute approximate surface area is 131 Å². The fourth-order valence-corrected chi connectivity index (χ4v) is 2.90. The number of nitrogens with zero attached hydrogens (tertiary/aromatic N) is 2. The molecule has 2 atom stereocenters. The molecule has 1 aromatic rings. The zero-order valence-electron chi connectivity index (χ0n) is 13.5. The van der Waals surface area contributed by atoms with E-state index in [2.05, 4.69) is 10.4 Å². The van der Waals surface area contributed by atoms with Gasteiger partial charge in [-0.3, -0.25) is 14.3 Å². The van der Waals surface area contributed by atoms with Crippen LogP contribution in [0.25, 0.3) is 0 Å². The summed E-state index contributed by atoms with van der Waals surface area (Å²) in [5.74, 6) is -0.719. The quantitative estimate of drug-likeness (QED) is 0.684. The van der Waals surface area contributed by atoms with Crippen LogP contribution in [0.1, 0.15) is 62.5 Å². The van der Waals surface area contributed by atoms with Gasteiger partial charge in [-0.1, -0.05) is 19.3 Å². The number of hydrogen-bond acceptors (Lipinski definition) is 4. The van der Waals surface area contributed by atoms with Crippen LogP contribution in [0.2, 0.25) is 0 Å². The van der Waals surface area contributed by atoms with Gasteiger partial charge >= 0.3 is 5.97 Å². The van der Waals surface area contributed by atoms with Gasteiger partial charge in [-0.05, 0) is 32.8 Å². The molecule has 22 heavy (non-hydrogen) atoms. The maximum atomic E-state index is 12.4. The minimum atomic E-state index is -0.261. The highest BCUT2D eigenvalue weighted by molar-refractivity contribution is 5.92. The predicted octanol–water partition coefficient (Wildman–Crippen LogP) is 2.32. The van der Waals surface area contributed by atoms with Crippen molar-refractivity contribution in [2.45, 2.75) is 58.0 Å². The molecule has 0 spiro atoms. The van der Waals surface area contributed by atoms with E-state index in [1.54, 1.807) is 16.9 Å². The lowest BCUT2D eigenvalue weighted by Crippen LogP contribution is -2.43. The molecule has 2 rings (SSSR count). The predicted molar refractivity (Wildman–Crippen MR) is 82.5 cm³/mol. The summed E-state index contributed by atoms with van der Waals surface area (Å²) in [6.07, 6.45) is 6.45. The second-order valence-corrected chi connectivity index (χ2v) is 6.12. The molecule has 1 aliphatic carbocycles. The average molecular weight is 307 g/mol. The summed E-state index contributed by atoms with van der Waals surface area (Å²) in [6.45, 7) is 4.01. The zero-order chi connectivity index (χ0) is 16.1. The van der Waals surface area contributed by atoms with Crippen LogP contribution in [0.15, 0.2) is 12.3 Å². The summed E-state index contributed by atoms with van der Waals surface area (Å²) in [5.41, 5.74) is 0.390. The Bertz CT molecular complexity index is 524. The van der Waals surface area contributed by atoms with Gasteiger partial charge in [0.05, 0.1) is 13.0 Å². The number of nitrogens with one attached hydrogen (secondary N) is 1. The summed E-state index contributed by atoms with van der Waals surface area (Å²) in [6, 6.07) is 1.74. The first-order chi connectivity index (χ1) is 10.5. The maximum absolute atomic E-state index is 12.4. The van der Waals surface area contributed by atoms with Gasteiger partial charge in [-0.2, -0.15) is 5.10 Å². The topological polar surface area (TPSA) is 73.2 Å². The summed E-state index contributed by atoms with van der Waals surface area (Å²) < 4.78 is 6.64. The van der Waals surface area contributed by atoms with Crippen LogP contribution in [0.5, 0.6) is 0 Å². The number of esters is 1. The highest BCUT2D eigenvalue weighted by Crippen LogP contribution is 2.25. The fourth-order valence-electron chi connectivity index (χ4n) is 2.90. The van der Waals surface area contributed by atoms with Gasteiger partial charge < -0.3 is 10.1 Å². The van der Waals surface area contributed by atoms with Crippen LogP contribution in [-0.4, -0.2) is 34.8 Å². The third-order valence-electron chi connectivity index (χ3n) is 4.21. The maximum Gasteiger partial charge on any atom is 0.310 e. The highest BCUT2D eigenvalue weighted by atomic mass is 16.5. The monoisotopic (exact) mass is 307 g/mol. The molecule has 0 saturated heterocycles. The van der Waals surface area contributed by atoms with E-state index in [1.165, 1.54) is 7.11 Å². The Kier molecular flexibility index (Phi) is 5.57. The van der Waals surface area contributed by atoms with Gasteiger partial charge in [-0.25, -0.2) is 0 Å². The van der Waals surface area contributed by atoms with E-state index in [0.29, 0.717) is 5.69 Å². The molecule has 0 aliphatic heterocycles. The number of carbonyl (C=O) groups excluding carboxylic acids is 2. The summed E-state index contributed by atoms with van der Waals surface area (Å²) in [5, 5.41) is 7.25. The molecular weight excluding hydrogens is 282 g/mol. The second-order valence-electron chi connectivity index (χ2n) is 6.12. The van der Waals surface area contributed by atoms with Crippen molar-refractivity contribution < 1.29 is 14.3 Å². The molecular formula is C16H25N3O3. The minimum Gasteiger partial charge on any atom is -0.469 e. The molecule has 6 heteroatoms. The fraction of sp³-hybridized carbons (Fsp3) is 0.688. The van der Waals surface area contributed by atoms with Crippen LogP contribution < -0.4 is 5.32 Å². The van der Waals surface area contributed by atoms with Crippen LogP contribution in [-0.2, 0) is 9.53 Å². The third kappa shape index (κ3) is 3.87. The first kappa shape index (κ1) is 16.5. The van der Waals surface area contributed by atoms with Gasteiger partial charge in [-0.15, -0.1) is 0 Å². The molecule has 1 fully saturated rings. The number of ether oxygens (including phenoxy) is 1. The molecule has 0 aromatic carbocycles. The van der Waals surface area contributed by atoms with Crippen LogP contribution in [0, 0.1) is 5.92 Å². The lowest BCUT2D eigenvalue weighted by molar-refractivity contribution is -0.146. The smallest absolute Gasteiger partial charge is 0.310 e. The Balaban J connectivity index is 2.07. The number of amides is 1. The highest BCUT2D eigenvalue weighted by Gasteiger charge is 2.32. The number of hydrogen-bond donors (Lipinski definition) is 1. The number of rotatable bonds is 4. The number of methoxy groups -OCH3 is 1. The SMILES string of the molecule is COC(=O)[C@H]1CCCCC[C@H]1NC(=O)c1ccn(C(C)C)n1. The Morgan fingerprint density at radius 2 is 2.05 bits per heavy atom. The van der Waals surface area contributed by atoms with E-state index in [0.717, 1.165) is 32.1 Å². The molecule has 1 N–H and O–H groups in total. The van der Waals surface area contributed by atoms with Gasteiger partial charge in [0.1, 0.15) is 5.69 Å². The van der Waals surface area contributed by atoms with E-state index in [4.69, 9.17) is 4.74 Å². The van der Waals surface area contributed by atoms with E-state index >= 15 is 0 Å². The Hall–Kier alpha value is -1.85. The standard InChI is InChI=1S/C16H25N3O3/c1-11(2)19-10-9-14(18-19)15(20)17-13-8-6-4-5-7-12(13)16(21)22-3/h9-13H,4-8H2,1-3H3,(H,17,20)/t12-,13+/m0/s1.